The van der Waals surface area contributed by atoms with Crippen LogP contribution in [0.2, 0.25) is 0 Å². The van der Waals surface area contributed by atoms with Gasteiger partial charge in [-0.05, 0) is 36.5 Å². The zero-order valence-electron chi connectivity index (χ0n) is 8.12. The first-order valence-corrected chi connectivity index (χ1v) is 4.04. The summed E-state index contributed by atoms with van der Waals surface area (Å²) in [7, 11) is 1.71. The normalized spacial score (nSPS) is 13.9. The van der Waals surface area contributed by atoms with E-state index in [9.17, 15) is 0 Å². The molecule has 1 aliphatic carbocycles. The van der Waals surface area contributed by atoms with Gasteiger partial charge in [-0.2, -0.15) is 0 Å². The van der Waals surface area contributed by atoms with Gasteiger partial charge in [0.05, 0.1) is 7.11 Å². The van der Waals surface area contributed by atoms with E-state index in [1.165, 1.54) is 18.4 Å². The molecule has 1 nitrogen and oxygen atoms in total. The largest absolute Gasteiger partial charge is 0.497 e. The summed E-state index contributed by atoms with van der Waals surface area (Å²) in [6, 6.07) is 8.37. The topological polar surface area (TPSA) is 9.23 Å². The van der Waals surface area contributed by atoms with E-state index in [2.05, 4.69) is 18.2 Å². The van der Waals surface area contributed by atoms with Crippen molar-refractivity contribution in [3.05, 3.63) is 37.3 Å². The van der Waals surface area contributed by atoms with Gasteiger partial charge in [0.2, 0.25) is 0 Å². The summed E-state index contributed by atoms with van der Waals surface area (Å²) in [5.41, 5.74) is 1.43. The number of rotatable bonds is 2. The summed E-state index contributed by atoms with van der Waals surface area (Å²) in [6.45, 7) is 0. The van der Waals surface area contributed by atoms with E-state index in [0.717, 1.165) is 11.7 Å². The fourth-order valence-electron chi connectivity index (χ4n) is 1.31. The number of methoxy groups -OCH3 is 1. The molecule has 2 heteroatoms. The minimum absolute atomic E-state index is 0. The van der Waals surface area contributed by atoms with Crippen LogP contribution in [-0.2, 0) is 21.1 Å². The summed E-state index contributed by atoms with van der Waals surface area (Å²) < 4.78 is 5.13. The van der Waals surface area contributed by atoms with Crippen molar-refractivity contribution < 1.29 is 25.8 Å². The standard InChI is InChI=1S/C10H12O.CH3.W/c1-11-10-4-2-3-9(7-10)8-5-6-8;;/h2-4,7-8H,5-6H2,1H3;1H3;/q;-1;. The van der Waals surface area contributed by atoms with Crippen molar-refractivity contribution in [2.24, 2.45) is 0 Å². The number of benzene rings is 1. The zero-order chi connectivity index (χ0) is 7.68. The molecule has 1 saturated carbocycles. The average molecular weight is 347 g/mol. The third kappa shape index (κ3) is 3.15. The van der Waals surface area contributed by atoms with Crippen molar-refractivity contribution in [1.82, 2.24) is 0 Å². The molecule has 0 heterocycles. The van der Waals surface area contributed by atoms with Crippen LogP contribution in [0.5, 0.6) is 5.75 Å². The third-order valence-electron chi connectivity index (χ3n) is 2.14. The van der Waals surface area contributed by atoms with Gasteiger partial charge in [0.25, 0.3) is 0 Å². The van der Waals surface area contributed by atoms with Crippen LogP contribution < -0.4 is 4.74 Å². The Morgan fingerprint density at radius 2 is 2.00 bits per heavy atom. The van der Waals surface area contributed by atoms with Crippen LogP contribution in [0.1, 0.15) is 24.3 Å². The Balaban J connectivity index is 0.000000720. The summed E-state index contributed by atoms with van der Waals surface area (Å²) in [5.74, 6) is 1.81. The fourth-order valence-corrected chi connectivity index (χ4v) is 1.31. The molecule has 0 amide bonds. The summed E-state index contributed by atoms with van der Waals surface area (Å²) >= 11 is 0. The summed E-state index contributed by atoms with van der Waals surface area (Å²) in [6.07, 6.45) is 2.71. The minimum atomic E-state index is 0. The first-order valence-electron chi connectivity index (χ1n) is 4.04. The second-order valence-corrected chi connectivity index (χ2v) is 3.05. The van der Waals surface area contributed by atoms with E-state index < -0.39 is 0 Å². The van der Waals surface area contributed by atoms with Crippen LogP contribution in [0, 0.1) is 7.43 Å². The Bertz CT molecular complexity index is 256. The molecule has 1 aliphatic rings. The Kier molecular flexibility index (Phi) is 5.32. The predicted octanol–water partition coefficient (Wildman–Crippen LogP) is 3.02. The SMILES string of the molecule is COc1cccc(C2CC2)c1.[CH3-].[W]. The van der Waals surface area contributed by atoms with Gasteiger partial charge in [-0.25, -0.2) is 0 Å². The predicted molar refractivity (Wildman–Crippen MR) is 51.4 cm³/mol. The zero-order valence-corrected chi connectivity index (χ0v) is 11.1. The molecule has 1 fully saturated rings. The maximum Gasteiger partial charge on any atom is 0.119 e. The molecule has 1 aromatic carbocycles. The molecular weight excluding hydrogens is 332 g/mol. The van der Waals surface area contributed by atoms with Crippen LogP contribution in [0.3, 0.4) is 0 Å². The van der Waals surface area contributed by atoms with Gasteiger partial charge >= 0.3 is 0 Å². The molecule has 13 heavy (non-hydrogen) atoms. The molecule has 2 rings (SSSR count). The Morgan fingerprint density at radius 3 is 2.54 bits per heavy atom. The van der Waals surface area contributed by atoms with Crippen molar-refractivity contribution in [2.45, 2.75) is 18.8 Å². The van der Waals surface area contributed by atoms with Crippen LogP contribution in [0.15, 0.2) is 24.3 Å². The van der Waals surface area contributed by atoms with E-state index in [-0.39, 0.29) is 28.5 Å². The minimum Gasteiger partial charge on any atom is -0.497 e. The van der Waals surface area contributed by atoms with E-state index in [0.29, 0.717) is 0 Å². The molecule has 1 aromatic rings. The van der Waals surface area contributed by atoms with Crippen molar-refractivity contribution >= 4 is 0 Å². The van der Waals surface area contributed by atoms with Crippen molar-refractivity contribution in [3.63, 3.8) is 0 Å². The molecule has 72 valence electrons. The van der Waals surface area contributed by atoms with Crippen molar-refractivity contribution in [1.29, 1.82) is 0 Å². The molecule has 0 atom stereocenters. The van der Waals surface area contributed by atoms with E-state index >= 15 is 0 Å². The maximum atomic E-state index is 5.13. The monoisotopic (exact) mass is 347 g/mol. The first kappa shape index (κ1) is 12.7. The van der Waals surface area contributed by atoms with Crippen molar-refractivity contribution in [2.75, 3.05) is 7.11 Å². The number of hydrogen-bond acceptors (Lipinski definition) is 1. The molecule has 0 N–H and O–H groups in total. The quantitative estimate of drug-likeness (QED) is 0.748. The third-order valence-corrected chi connectivity index (χ3v) is 2.14. The van der Waals surface area contributed by atoms with Crippen molar-refractivity contribution in [3.8, 4) is 5.75 Å². The van der Waals surface area contributed by atoms with Crippen LogP contribution in [-0.4, -0.2) is 7.11 Å². The average Bonchev–Trinajstić information content (AvgIpc) is 2.87. The Hall–Kier alpha value is -0.292. The smallest absolute Gasteiger partial charge is 0.119 e. The molecule has 0 unspecified atom stereocenters. The van der Waals surface area contributed by atoms with Gasteiger partial charge < -0.3 is 12.2 Å². The molecular formula is C11H15OW-. The molecule has 0 aromatic heterocycles. The maximum absolute atomic E-state index is 5.13. The molecule has 0 aliphatic heterocycles. The van der Waals surface area contributed by atoms with Crippen LogP contribution in [0.4, 0.5) is 0 Å². The van der Waals surface area contributed by atoms with E-state index in [1.54, 1.807) is 7.11 Å². The first-order chi connectivity index (χ1) is 5.40. The van der Waals surface area contributed by atoms with Gasteiger partial charge in [0, 0.05) is 21.1 Å². The van der Waals surface area contributed by atoms with Gasteiger partial charge in [0.1, 0.15) is 5.75 Å². The number of hydrogen-bond donors (Lipinski definition) is 0. The Morgan fingerprint density at radius 1 is 1.31 bits per heavy atom. The fraction of sp³-hybridized carbons (Fsp3) is 0.364. The molecule has 0 saturated heterocycles. The van der Waals surface area contributed by atoms with Crippen LogP contribution in [0.25, 0.3) is 0 Å². The van der Waals surface area contributed by atoms with Gasteiger partial charge in [0.15, 0.2) is 0 Å². The second kappa shape index (κ2) is 5.44. The Labute approximate surface area is 94.8 Å². The second-order valence-electron chi connectivity index (χ2n) is 3.05. The molecule has 0 bridgehead atoms. The summed E-state index contributed by atoms with van der Waals surface area (Å²) in [4.78, 5) is 0. The molecule has 0 spiro atoms. The van der Waals surface area contributed by atoms with E-state index in [4.69, 9.17) is 4.74 Å². The van der Waals surface area contributed by atoms with Gasteiger partial charge in [-0.15, -0.1) is 0 Å². The number of ether oxygens (including phenoxy) is 1. The van der Waals surface area contributed by atoms with Crippen LogP contribution >= 0.6 is 0 Å². The summed E-state index contributed by atoms with van der Waals surface area (Å²) in [5, 5.41) is 0. The van der Waals surface area contributed by atoms with Gasteiger partial charge in [-0.1, -0.05) is 12.1 Å². The van der Waals surface area contributed by atoms with E-state index in [1.807, 2.05) is 6.07 Å². The van der Waals surface area contributed by atoms with Gasteiger partial charge in [-0.3, -0.25) is 0 Å². The molecule has 0 radical (unpaired) electrons.